The van der Waals surface area contributed by atoms with Crippen LogP contribution in [0.1, 0.15) is 5.56 Å². The van der Waals surface area contributed by atoms with Gasteiger partial charge in [-0.05, 0) is 36.2 Å². The van der Waals surface area contributed by atoms with Crippen molar-refractivity contribution in [2.24, 2.45) is 0 Å². The smallest absolute Gasteiger partial charge is 0.262 e. The Morgan fingerprint density at radius 1 is 1.18 bits per heavy atom. The molecule has 0 spiro atoms. The van der Waals surface area contributed by atoms with Crippen molar-refractivity contribution in [1.29, 1.82) is 0 Å². The van der Waals surface area contributed by atoms with Crippen LogP contribution in [-0.2, 0) is 11.3 Å². The van der Waals surface area contributed by atoms with Crippen LogP contribution in [0.15, 0.2) is 65.7 Å². The van der Waals surface area contributed by atoms with Crippen molar-refractivity contribution in [2.75, 3.05) is 5.32 Å². The molecule has 0 saturated heterocycles. The Morgan fingerprint density at radius 3 is 2.75 bits per heavy atom. The molecule has 2 heterocycles. The lowest BCUT2D eigenvalue weighted by Crippen LogP contribution is -2.27. The van der Waals surface area contributed by atoms with Crippen molar-refractivity contribution in [3.63, 3.8) is 0 Å². The lowest BCUT2D eigenvalue weighted by atomic mass is 10.2. The number of halogens is 1. The molecule has 0 unspecified atom stereocenters. The van der Waals surface area contributed by atoms with E-state index >= 15 is 0 Å². The fourth-order valence-corrected chi connectivity index (χ4v) is 3.89. The molecule has 0 aliphatic rings. The molecule has 2 aromatic carbocycles. The molecule has 7 heteroatoms. The minimum Gasteiger partial charge on any atom is -0.322 e. The van der Waals surface area contributed by atoms with E-state index in [-0.39, 0.29) is 17.8 Å². The van der Waals surface area contributed by atoms with Gasteiger partial charge >= 0.3 is 0 Å². The molecule has 0 atom stereocenters. The highest BCUT2D eigenvalue weighted by Gasteiger charge is 2.13. The van der Waals surface area contributed by atoms with E-state index < -0.39 is 11.7 Å². The van der Waals surface area contributed by atoms with Gasteiger partial charge in [0.1, 0.15) is 17.2 Å². The zero-order chi connectivity index (χ0) is 19.7. The molecule has 0 aliphatic carbocycles. The number of anilines is 1. The molecular weight excluding hydrogens is 377 g/mol. The number of hydrogen-bond donors (Lipinski definition) is 1. The van der Waals surface area contributed by atoms with Crippen LogP contribution in [-0.4, -0.2) is 15.5 Å². The summed E-state index contributed by atoms with van der Waals surface area (Å²) in [5.74, 6) is -1.02. The van der Waals surface area contributed by atoms with E-state index in [0.29, 0.717) is 10.2 Å². The summed E-state index contributed by atoms with van der Waals surface area (Å²) in [6.45, 7) is 1.56. The first-order valence-electron chi connectivity index (χ1n) is 8.61. The van der Waals surface area contributed by atoms with Gasteiger partial charge in [0.2, 0.25) is 5.91 Å². The van der Waals surface area contributed by atoms with Gasteiger partial charge in [-0.1, -0.05) is 36.4 Å². The van der Waals surface area contributed by atoms with Gasteiger partial charge in [0.15, 0.2) is 0 Å². The number of aromatic nitrogens is 2. The second-order valence-electron chi connectivity index (χ2n) is 6.40. The van der Waals surface area contributed by atoms with E-state index in [1.807, 2.05) is 30.3 Å². The first-order chi connectivity index (χ1) is 13.5. The topological polar surface area (TPSA) is 64.0 Å². The van der Waals surface area contributed by atoms with Crippen LogP contribution < -0.4 is 10.9 Å². The maximum atomic E-state index is 13.8. The van der Waals surface area contributed by atoms with Gasteiger partial charge in [-0.3, -0.25) is 14.2 Å². The molecule has 0 saturated carbocycles. The first kappa shape index (κ1) is 18.1. The number of thiophene rings is 1. The van der Waals surface area contributed by atoms with Crippen LogP contribution in [0.3, 0.4) is 0 Å². The molecule has 4 aromatic rings. The number of aryl methyl sites for hydroxylation is 1. The van der Waals surface area contributed by atoms with Crippen molar-refractivity contribution in [2.45, 2.75) is 13.5 Å². The van der Waals surface area contributed by atoms with Crippen molar-refractivity contribution >= 4 is 33.1 Å². The lowest BCUT2D eigenvalue weighted by molar-refractivity contribution is -0.116. The third kappa shape index (κ3) is 3.57. The summed E-state index contributed by atoms with van der Waals surface area (Å²) in [5.41, 5.74) is 1.62. The number of carbonyl (C=O) groups excluding carboxylic acids is 1. The average molecular weight is 393 g/mol. The van der Waals surface area contributed by atoms with Gasteiger partial charge in [0, 0.05) is 4.88 Å². The predicted octanol–water partition coefficient (Wildman–Crippen LogP) is 4.21. The van der Waals surface area contributed by atoms with Crippen LogP contribution in [0.4, 0.5) is 10.1 Å². The number of nitrogens with one attached hydrogen (secondary N) is 1. The number of benzene rings is 2. The first-order valence-corrected chi connectivity index (χ1v) is 9.43. The van der Waals surface area contributed by atoms with Gasteiger partial charge in [-0.15, -0.1) is 11.3 Å². The maximum absolute atomic E-state index is 13.8. The lowest BCUT2D eigenvalue weighted by Gasteiger charge is -2.08. The van der Waals surface area contributed by atoms with Crippen LogP contribution in [0.5, 0.6) is 0 Å². The summed E-state index contributed by atoms with van der Waals surface area (Å²) in [5, 5.41) is 2.97. The summed E-state index contributed by atoms with van der Waals surface area (Å²) in [7, 11) is 0. The monoisotopic (exact) mass is 393 g/mol. The number of hydrogen-bond acceptors (Lipinski definition) is 4. The summed E-state index contributed by atoms with van der Waals surface area (Å²) in [4.78, 5) is 30.9. The third-order valence-corrected chi connectivity index (χ3v) is 5.38. The van der Waals surface area contributed by atoms with Crippen molar-refractivity contribution in [1.82, 2.24) is 9.55 Å². The number of carbonyl (C=O) groups is 1. The van der Waals surface area contributed by atoms with E-state index in [4.69, 9.17) is 0 Å². The summed E-state index contributed by atoms with van der Waals surface area (Å²) < 4.78 is 15.1. The molecule has 140 valence electrons. The van der Waals surface area contributed by atoms with Gasteiger partial charge < -0.3 is 5.32 Å². The van der Waals surface area contributed by atoms with Gasteiger partial charge in [0.05, 0.1) is 17.4 Å². The van der Waals surface area contributed by atoms with Crippen molar-refractivity contribution in [3.8, 4) is 10.4 Å². The number of fused-ring (bicyclic) bond motifs is 1. The standard InChI is InChI=1S/C21H16FN3O2S/c1-13-7-8-16(22)17(9-13)24-19(26)11-25-12-23-20-15(21(25)27)10-18(28-20)14-5-3-2-4-6-14/h2-10,12H,11H2,1H3,(H,24,26). The minimum absolute atomic E-state index is 0.0917. The van der Waals surface area contributed by atoms with Crippen LogP contribution in [0.25, 0.3) is 20.7 Å². The molecule has 0 fully saturated rings. The Morgan fingerprint density at radius 2 is 1.96 bits per heavy atom. The fourth-order valence-electron chi connectivity index (χ4n) is 2.90. The molecule has 28 heavy (non-hydrogen) atoms. The molecule has 1 N–H and O–H groups in total. The number of amides is 1. The van der Waals surface area contributed by atoms with Gasteiger partial charge in [0.25, 0.3) is 5.56 Å². The highest BCUT2D eigenvalue weighted by molar-refractivity contribution is 7.21. The van der Waals surface area contributed by atoms with E-state index in [1.165, 1.54) is 28.3 Å². The van der Waals surface area contributed by atoms with E-state index in [2.05, 4.69) is 10.3 Å². The highest BCUT2D eigenvalue weighted by Crippen LogP contribution is 2.30. The van der Waals surface area contributed by atoms with Crippen molar-refractivity contribution < 1.29 is 9.18 Å². The van der Waals surface area contributed by atoms with Crippen LogP contribution in [0.2, 0.25) is 0 Å². The van der Waals surface area contributed by atoms with Crippen molar-refractivity contribution in [3.05, 3.63) is 82.7 Å². The Labute approximate surface area is 164 Å². The Kier molecular flexibility index (Phi) is 4.75. The number of rotatable bonds is 4. The Bertz CT molecular complexity index is 1230. The second-order valence-corrected chi connectivity index (χ2v) is 7.44. The predicted molar refractivity (Wildman–Crippen MR) is 109 cm³/mol. The molecule has 0 aliphatic heterocycles. The van der Waals surface area contributed by atoms with E-state index in [0.717, 1.165) is 16.0 Å². The minimum atomic E-state index is -0.523. The highest BCUT2D eigenvalue weighted by atomic mass is 32.1. The Hall–Kier alpha value is -3.32. The summed E-state index contributed by atoms with van der Waals surface area (Å²) in [6, 6.07) is 16.0. The normalized spacial score (nSPS) is 10.9. The molecule has 4 rings (SSSR count). The third-order valence-electron chi connectivity index (χ3n) is 4.29. The van der Waals surface area contributed by atoms with Crippen LogP contribution in [0, 0.1) is 12.7 Å². The average Bonchev–Trinajstić information content (AvgIpc) is 3.13. The SMILES string of the molecule is Cc1ccc(F)c(NC(=O)Cn2cnc3sc(-c4ccccc4)cc3c2=O)c1. The summed E-state index contributed by atoms with van der Waals surface area (Å²) in [6.07, 6.45) is 1.35. The summed E-state index contributed by atoms with van der Waals surface area (Å²) >= 11 is 1.42. The van der Waals surface area contributed by atoms with Gasteiger partial charge in [-0.25, -0.2) is 9.37 Å². The van der Waals surface area contributed by atoms with Gasteiger partial charge in [-0.2, -0.15) is 0 Å². The fraction of sp³-hybridized carbons (Fsp3) is 0.0952. The molecule has 1 amide bonds. The molecule has 0 radical (unpaired) electrons. The molecule has 0 bridgehead atoms. The zero-order valence-corrected chi connectivity index (χ0v) is 15.8. The van der Waals surface area contributed by atoms with E-state index in [9.17, 15) is 14.0 Å². The maximum Gasteiger partial charge on any atom is 0.262 e. The van der Waals surface area contributed by atoms with Crippen LogP contribution >= 0.6 is 11.3 Å². The molecule has 2 aromatic heterocycles. The largest absolute Gasteiger partial charge is 0.322 e. The molecule has 5 nitrogen and oxygen atoms in total. The number of nitrogens with zero attached hydrogens (tertiary/aromatic N) is 2. The van der Waals surface area contributed by atoms with E-state index in [1.54, 1.807) is 25.1 Å². The quantitative estimate of drug-likeness (QED) is 0.565. The zero-order valence-electron chi connectivity index (χ0n) is 15.0. The second kappa shape index (κ2) is 7.36. The Balaban J connectivity index is 1.60. The molecular formula is C21H16FN3O2S.